The molecule has 0 aliphatic carbocycles. The smallest absolute Gasteiger partial charge is 0.134 e. The SMILES string of the molecule is CCNC(C)c1oc2ccc(Br)cc2c1C. The fourth-order valence-electron chi connectivity index (χ4n) is 2.02. The summed E-state index contributed by atoms with van der Waals surface area (Å²) >= 11 is 3.49. The molecule has 1 aromatic heterocycles. The molecule has 1 unspecified atom stereocenters. The van der Waals surface area contributed by atoms with Gasteiger partial charge in [-0.15, -0.1) is 0 Å². The molecule has 0 bridgehead atoms. The van der Waals surface area contributed by atoms with Crippen molar-refractivity contribution in [3.63, 3.8) is 0 Å². The van der Waals surface area contributed by atoms with Crippen LogP contribution in [0.15, 0.2) is 27.1 Å². The van der Waals surface area contributed by atoms with Gasteiger partial charge in [0.15, 0.2) is 0 Å². The van der Waals surface area contributed by atoms with Gasteiger partial charge in [0.1, 0.15) is 11.3 Å². The van der Waals surface area contributed by atoms with E-state index in [9.17, 15) is 0 Å². The first kappa shape index (κ1) is 11.7. The van der Waals surface area contributed by atoms with Gasteiger partial charge in [-0.3, -0.25) is 0 Å². The molecule has 0 aliphatic heterocycles. The molecule has 1 atom stereocenters. The number of nitrogens with one attached hydrogen (secondary N) is 1. The summed E-state index contributed by atoms with van der Waals surface area (Å²) in [6, 6.07) is 6.38. The monoisotopic (exact) mass is 281 g/mol. The molecule has 0 spiro atoms. The van der Waals surface area contributed by atoms with E-state index in [2.05, 4.69) is 48.1 Å². The summed E-state index contributed by atoms with van der Waals surface area (Å²) in [4.78, 5) is 0. The van der Waals surface area contributed by atoms with Gasteiger partial charge in [0.25, 0.3) is 0 Å². The number of aryl methyl sites for hydroxylation is 1. The van der Waals surface area contributed by atoms with Crippen molar-refractivity contribution in [1.82, 2.24) is 5.32 Å². The molecule has 1 aromatic carbocycles. The van der Waals surface area contributed by atoms with Crippen LogP contribution < -0.4 is 5.32 Å². The van der Waals surface area contributed by atoms with Crippen molar-refractivity contribution in [2.45, 2.75) is 26.8 Å². The molecule has 2 nitrogen and oxygen atoms in total. The van der Waals surface area contributed by atoms with Crippen LogP contribution in [0.5, 0.6) is 0 Å². The first-order valence-corrected chi connectivity index (χ1v) is 6.34. The molecule has 2 aromatic rings. The lowest BCUT2D eigenvalue weighted by atomic mass is 10.1. The quantitative estimate of drug-likeness (QED) is 0.913. The Morgan fingerprint density at radius 1 is 1.44 bits per heavy atom. The molecule has 3 heteroatoms. The van der Waals surface area contributed by atoms with Crippen LogP contribution in [0.4, 0.5) is 0 Å². The summed E-state index contributed by atoms with van der Waals surface area (Å²) in [5.41, 5.74) is 2.19. The Balaban J connectivity index is 2.51. The molecular formula is C13H16BrNO. The predicted molar refractivity (Wildman–Crippen MR) is 70.7 cm³/mol. The van der Waals surface area contributed by atoms with Crippen molar-refractivity contribution in [3.8, 4) is 0 Å². The second-order valence-electron chi connectivity index (χ2n) is 4.01. The highest BCUT2D eigenvalue weighted by atomic mass is 79.9. The maximum Gasteiger partial charge on any atom is 0.134 e. The van der Waals surface area contributed by atoms with Crippen LogP contribution in [0, 0.1) is 6.92 Å². The van der Waals surface area contributed by atoms with Crippen molar-refractivity contribution in [2.75, 3.05) is 6.54 Å². The minimum absolute atomic E-state index is 0.260. The Labute approximate surface area is 104 Å². The fraction of sp³-hybridized carbons (Fsp3) is 0.385. The van der Waals surface area contributed by atoms with Crippen LogP contribution in [-0.2, 0) is 0 Å². The number of furan rings is 1. The maximum atomic E-state index is 5.88. The van der Waals surface area contributed by atoms with Crippen LogP contribution in [0.1, 0.15) is 31.2 Å². The molecule has 0 saturated heterocycles. The summed E-state index contributed by atoms with van der Waals surface area (Å²) in [6.45, 7) is 7.29. The van der Waals surface area contributed by atoms with Gasteiger partial charge in [-0.05, 0) is 38.6 Å². The normalized spacial score (nSPS) is 13.2. The molecule has 2 rings (SSSR count). The zero-order valence-electron chi connectivity index (χ0n) is 9.80. The molecule has 1 heterocycles. The minimum Gasteiger partial charge on any atom is -0.459 e. The van der Waals surface area contributed by atoms with Gasteiger partial charge in [0, 0.05) is 15.4 Å². The van der Waals surface area contributed by atoms with Crippen LogP contribution >= 0.6 is 15.9 Å². The van der Waals surface area contributed by atoms with E-state index >= 15 is 0 Å². The second-order valence-corrected chi connectivity index (χ2v) is 4.93. The molecule has 1 N–H and O–H groups in total. The fourth-order valence-corrected chi connectivity index (χ4v) is 2.39. The first-order valence-electron chi connectivity index (χ1n) is 5.55. The lowest BCUT2D eigenvalue weighted by molar-refractivity contribution is 0.456. The third-order valence-electron chi connectivity index (χ3n) is 2.84. The molecular weight excluding hydrogens is 266 g/mol. The Hall–Kier alpha value is -0.800. The summed E-state index contributed by atoms with van der Waals surface area (Å²) in [5, 5.41) is 4.56. The topological polar surface area (TPSA) is 25.2 Å². The zero-order chi connectivity index (χ0) is 11.7. The summed E-state index contributed by atoms with van der Waals surface area (Å²) in [5.74, 6) is 1.04. The number of fused-ring (bicyclic) bond motifs is 1. The average Bonchev–Trinajstić information content (AvgIpc) is 2.57. The summed E-state index contributed by atoms with van der Waals surface area (Å²) < 4.78 is 6.97. The van der Waals surface area contributed by atoms with Crippen molar-refractivity contribution in [3.05, 3.63) is 34.0 Å². The van der Waals surface area contributed by atoms with Crippen LogP contribution in [0.25, 0.3) is 11.0 Å². The maximum absolute atomic E-state index is 5.88. The molecule has 0 amide bonds. The minimum atomic E-state index is 0.260. The van der Waals surface area contributed by atoms with Crippen LogP contribution in [0.3, 0.4) is 0 Å². The average molecular weight is 282 g/mol. The van der Waals surface area contributed by atoms with E-state index in [1.165, 1.54) is 10.9 Å². The highest BCUT2D eigenvalue weighted by molar-refractivity contribution is 9.10. The van der Waals surface area contributed by atoms with E-state index in [1.54, 1.807) is 0 Å². The van der Waals surface area contributed by atoms with Gasteiger partial charge in [-0.2, -0.15) is 0 Å². The Bertz CT molecular complexity index is 504. The number of rotatable bonds is 3. The molecule has 0 saturated carbocycles. The third kappa shape index (κ3) is 2.02. The highest BCUT2D eigenvalue weighted by Gasteiger charge is 2.15. The van der Waals surface area contributed by atoms with Crippen LogP contribution in [0.2, 0.25) is 0 Å². The lowest BCUT2D eigenvalue weighted by Crippen LogP contribution is -2.17. The molecule has 0 radical (unpaired) electrons. The number of benzene rings is 1. The Morgan fingerprint density at radius 3 is 2.88 bits per heavy atom. The third-order valence-corrected chi connectivity index (χ3v) is 3.33. The van der Waals surface area contributed by atoms with Gasteiger partial charge >= 0.3 is 0 Å². The van der Waals surface area contributed by atoms with Gasteiger partial charge in [0.05, 0.1) is 6.04 Å². The summed E-state index contributed by atoms with van der Waals surface area (Å²) in [7, 11) is 0. The largest absolute Gasteiger partial charge is 0.459 e. The standard InChI is InChI=1S/C13H16BrNO/c1-4-15-9(3)13-8(2)11-7-10(14)5-6-12(11)16-13/h5-7,9,15H,4H2,1-3H3. The predicted octanol–water partition coefficient (Wildman–Crippen LogP) is 4.17. The van der Waals surface area contributed by atoms with Crippen LogP contribution in [-0.4, -0.2) is 6.54 Å². The summed E-state index contributed by atoms with van der Waals surface area (Å²) in [6.07, 6.45) is 0. The van der Waals surface area contributed by atoms with Gasteiger partial charge in [-0.25, -0.2) is 0 Å². The second kappa shape index (κ2) is 4.60. The number of halogens is 1. The van der Waals surface area contributed by atoms with Gasteiger partial charge in [0.2, 0.25) is 0 Å². The van der Waals surface area contributed by atoms with Gasteiger partial charge in [-0.1, -0.05) is 22.9 Å². The van der Waals surface area contributed by atoms with Crippen molar-refractivity contribution >= 4 is 26.9 Å². The lowest BCUT2D eigenvalue weighted by Gasteiger charge is -2.09. The highest BCUT2D eigenvalue weighted by Crippen LogP contribution is 2.31. The zero-order valence-corrected chi connectivity index (χ0v) is 11.4. The van der Waals surface area contributed by atoms with E-state index in [1.807, 2.05) is 12.1 Å². The Morgan fingerprint density at radius 2 is 2.19 bits per heavy atom. The van der Waals surface area contributed by atoms with Crippen molar-refractivity contribution < 1.29 is 4.42 Å². The molecule has 0 aliphatic rings. The Kier molecular flexibility index (Phi) is 3.36. The van der Waals surface area contributed by atoms with E-state index in [4.69, 9.17) is 4.42 Å². The number of hydrogen-bond acceptors (Lipinski definition) is 2. The molecule has 86 valence electrons. The number of hydrogen-bond donors (Lipinski definition) is 1. The van der Waals surface area contributed by atoms with E-state index in [0.29, 0.717) is 0 Å². The van der Waals surface area contributed by atoms with E-state index < -0.39 is 0 Å². The molecule has 16 heavy (non-hydrogen) atoms. The van der Waals surface area contributed by atoms with E-state index in [0.717, 1.165) is 22.4 Å². The van der Waals surface area contributed by atoms with E-state index in [-0.39, 0.29) is 6.04 Å². The first-order chi connectivity index (χ1) is 7.63. The van der Waals surface area contributed by atoms with Gasteiger partial charge < -0.3 is 9.73 Å². The van der Waals surface area contributed by atoms with Crippen molar-refractivity contribution in [2.24, 2.45) is 0 Å². The van der Waals surface area contributed by atoms with Crippen molar-refractivity contribution in [1.29, 1.82) is 0 Å². The molecule has 0 fully saturated rings.